The predicted molar refractivity (Wildman–Crippen MR) is 113 cm³/mol. The van der Waals surface area contributed by atoms with Gasteiger partial charge in [-0.1, -0.05) is 6.92 Å². The van der Waals surface area contributed by atoms with Crippen LogP contribution in [0.25, 0.3) is 0 Å². The highest BCUT2D eigenvalue weighted by molar-refractivity contribution is 7.17. The molecule has 1 aliphatic heterocycles. The number of fused-ring (bicyclic) bond motifs is 1. The Balaban J connectivity index is 0.00000300. The summed E-state index contributed by atoms with van der Waals surface area (Å²) in [5, 5.41) is 3.34. The molecule has 0 aliphatic carbocycles. The van der Waals surface area contributed by atoms with Gasteiger partial charge in [-0.05, 0) is 42.8 Å². The number of nitrogens with zero attached hydrogens (tertiary/aromatic N) is 1. The summed E-state index contributed by atoms with van der Waals surface area (Å²) in [4.78, 5) is 39.9. The van der Waals surface area contributed by atoms with Crippen LogP contribution in [-0.4, -0.2) is 50.1 Å². The lowest BCUT2D eigenvalue weighted by Gasteiger charge is -2.25. The highest BCUT2D eigenvalue weighted by Crippen LogP contribution is 2.37. The summed E-state index contributed by atoms with van der Waals surface area (Å²) >= 11 is 1.41. The van der Waals surface area contributed by atoms with Gasteiger partial charge in [-0.2, -0.15) is 0 Å². The minimum atomic E-state index is -0.466. The van der Waals surface area contributed by atoms with Crippen molar-refractivity contribution >= 4 is 46.6 Å². The maximum absolute atomic E-state index is 12.7. The van der Waals surface area contributed by atoms with Gasteiger partial charge < -0.3 is 14.8 Å². The molecule has 3 rings (SSSR count). The molecule has 1 aromatic carbocycles. The number of hydrogen-bond acceptors (Lipinski definition) is 7. The average molecular weight is 439 g/mol. The SMILES string of the molecule is CCN1CCc2c(sc(NC(=O)c3ccc(C(=O)OC)cc3)c2C(=O)OC)C1.Cl. The minimum absolute atomic E-state index is 0. The second-order valence-corrected chi connectivity index (χ2v) is 7.45. The Morgan fingerprint density at radius 1 is 1.07 bits per heavy atom. The van der Waals surface area contributed by atoms with Crippen molar-refractivity contribution in [3.05, 3.63) is 51.4 Å². The fourth-order valence-corrected chi connectivity index (χ4v) is 4.46. The van der Waals surface area contributed by atoms with Crippen molar-refractivity contribution in [2.45, 2.75) is 19.9 Å². The summed E-state index contributed by atoms with van der Waals surface area (Å²) in [6.07, 6.45) is 0.744. The van der Waals surface area contributed by atoms with Crippen LogP contribution in [-0.2, 0) is 22.4 Å². The predicted octanol–water partition coefficient (Wildman–Crippen LogP) is 3.37. The highest BCUT2D eigenvalue weighted by Gasteiger charge is 2.29. The van der Waals surface area contributed by atoms with Gasteiger partial charge in [-0.25, -0.2) is 9.59 Å². The van der Waals surface area contributed by atoms with Gasteiger partial charge in [0.2, 0.25) is 0 Å². The first-order chi connectivity index (χ1) is 13.5. The summed E-state index contributed by atoms with van der Waals surface area (Å²) in [6.45, 7) is 4.65. The molecule has 0 spiro atoms. The molecule has 1 N–H and O–H groups in total. The second-order valence-electron chi connectivity index (χ2n) is 6.34. The molecule has 0 saturated carbocycles. The summed E-state index contributed by atoms with van der Waals surface area (Å²) in [7, 11) is 2.64. The molecule has 0 saturated heterocycles. The first kappa shape index (κ1) is 22.9. The van der Waals surface area contributed by atoms with Crippen molar-refractivity contribution in [3.8, 4) is 0 Å². The molecule has 1 amide bonds. The number of esters is 2. The number of likely N-dealkylation sites (N-methyl/N-ethyl adjacent to an activating group) is 1. The summed E-state index contributed by atoms with van der Waals surface area (Å²) in [6, 6.07) is 6.15. The fraction of sp³-hybridized carbons (Fsp3) is 0.350. The molecule has 7 nitrogen and oxygen atoms in total. The third-order valence-electron chi connectivity index (χ3n) is 4.77. The Bertz CT molecular complexity index is 910. The van der Waals surface area contributed by atoms with Gasteiger partial charge >= 0.3 is 11.9 Å². The first-order valence-electron chi connectivity index (χ1n) is 8.93. The number of rotatable bonds is 5. The van der Waals surface area contributed by atoms with E-state index in [4.69, 9.17) is 4.74 Å². The fourth-order valence-electron chi connectivity index (χ4n) is 3.18. The van der Waals surface area contributed by atoms with Crippen molar-refractivity contribution in [3.63, 3.8) is 0 Å². The van der Waals surface area contributed by atoms with E-state index in [1.54, 1.807) is 12.1 Å². The number of hydrogen-bond donors (Lipinski definition) is 1. The standard InChI is InChI=1S/C20H22N2O5S.ClH/c1-4-22-10-9-14-15(11-22)28-18(16(14)20(25)27-3)21-17(23)12-5-7-13(8-6-12)19(24)26-2;/h5-8H,4,9-11H2,1-3H3,(H,21,23);1H. The van der Waals surface area contributed by atoms with E-state index in [1.807, 2.05) is 0 Å². The molecule has 0 fully saturated rings. The van der Waals surface area contributed by atoms with E-state index in [0.29, 0.717) is 21.7 Å². The van der Waals surface area contributed by atoms with Gasteiger partial charge in [0.1, 0.15) is 5.00 Å². The monoisotopic (exact) mass is 438 g/mol. The van der Waals surface area contributed by atoms with Gasteiger partial charge in [0.15, 0.2) is 0 Å². The van der Waals surface area contributed by atoms with Crippen molar-refractivity contribution in [2.75, 3.05) is 32.6 Å². The second kappa shape index (κ2) is 9.87. The molecule has 2 aromatic rings. The average Bonchev–Trinajstić information content (AvgIpc) is 3.09. The van der Waals surface area contributed by atoms with Gasteiger partial charge in [0.05, 0.1) is 25.3 Å². The zero-order valence-corrected chi connectivity index (χ0v) is 18.1. The molecule has 29 heavy (non-hydrogen) atoms. The smallest absolute Gasteiger partial charge is 0.341 e. The summed E-state index contributed by atoms with van der Waals surface area (Å²) < 4.78 is 9.61. The van der Waals surface area contributed by atoms with Gasteiger partial charge in [0, 0.05) is 23.5 Å². The van der Waals surface area contributed by atoms with E-state index < -0.39 is 11.9 Å². The van der Waals surface area contributed by atoms with Crippen molar-refractivity contribution in [1.82, 2.24) is 4.90 Å². The number of methoxy groups -OCH3 is 2. The minimum Gasteiger partial charge on any atom is -0.465 e. The molecular weight excluding hydrogens is 416 g/mol. The lowest BCUT2D eigenvalue weighted by atomic mass is 10.0. The van der Waals surface area contributed by atoms with Crippen molar-refractivity contribution < 1.29 is 23.9 Å². The first-order valence-corrected chi connectivity index (χ1v) is 9.75. The quantitative estimate of drug-likeness (QED) is 0.720. The maximum Gasteiger partial charge on any atom is 0.341 e. The molecule has 0 bridgehead atoms. The number of amides is 1. The summed E-state index contributed by atoms with van der Waals surface area (Å²) in [5.74, 6) is -1.27. The number of carbonyl (C=O) groups is 3. The molecule has 0 unspecified atom stereocenters. The lowest BCUT2D eigenvalue weighted by molar-refractivity contribution is 0.0591. The van der Waals surface area contributed by atoms with E-state index in [1.165, 1.54) is 37.7 Å². The van der Waals surface area contributed by atoms with Crippen LogP contribution in [0.4, 0.5) is 5.00 Å². The zero-order valence-electron chi connectivity index (χ0n) is 16.4. The largest absolute Gasteiger partial charge is 0.465 e. The number of ether oxygens (including phenoxy) is 2. The highest BCUT2D eigenvalue weighted by atomic mass is 35.5. The Labute approximate surface area is 179 Å². The Morgan fingerprint density at radius 3 is 2.28 bits per heavy atom. The van der Waals surface area contributed by atoms with Crippen LogP contribution in [0.1, 0.15) is 48.4 Å². The maximum atomic E-state index is 12.7. The van der Waals surface area contributed by atoms with Crippen LogP contribution >= 0.6 is 23.7 Å². The summed E-state index contributed by atoms with van der Waals surface area (Å²) in [5.41, 5.74) is 2.14. The van der Waals surface area contributed by atoms with E-state index in [2.05, 4.69) is 21.9 Å². The topological polar surface area (TPSA) is 84.9 Å². The molecule has 0 radical (unpaired) electrons. The van der Waals surface area contributed by atoms with Crippen LogP contribution in [0.2, 0.25) is 0 Å². The number of anilines is 1. The normalized spacial score (nSPS) is 13.1. The van der Waals surface area contributed by atoms with Gasteiger partial charge in [-0.15, -0.1) is 23.7 Å². The molecule has 1 aromatic heterocycles. The Hall–Kier alpha value is -2.42. The Morgan fingerprint density at radius 2 is 1.69 bits per heavy atom. The van der Waals surface area contributed by atoms with Crippen LogP contribution in [0.3, 0.4) is 0 Å². The number of carbonyl (C=O) groups excluding carboxylic acids is 3. The van der Waals surface area contributed by atoms with Crippen molar-refractivity contribution in [2.24, 2.45) is 0 Å². The van der Waals surface area contributed by atoms with Crippen LogP contribution < -0.4 is 5.32 Å². The zero-order chi connectivity index (χ0) is 20.3. The number of thiophene rings is 1. The van der Waals surface area contributed by atoms with Crippen LogP contribution in [0.15, 0.2) is 24.3 Å². The molecular formula is C20H23ClN2O5S. The van der Waals surface area contributed by atoms with Crippen LogP contribution in [0, 0.1) is 0 Å². The third kappa shape index (κ3) is 4.77. The van der Waals surface area contributed by atoms with E-state index >= 15 is 0 Å². The molecule has 0 atom stereocenters. The molecule has 9 heteroatoms. The van der Waals surface area contributed by atoms with E-state index in [0.717, 1.165) is 36.5 Å². The lowest BCUT2D eigenvalue weighted by Crippen LogP contribution is -2.29. The molecule has 1 aliphatic rings. The van der Waals surface area contributed by atoms with Crippen molar-refractivity contribution in [1.29, 1.82) is 0 Å². The third-order valence-corrected chi connectivity index (χ3v) is 5.90. The number of nitrogens with one attached hydrogen (secondary N) is 1. The molecule has 156 valence electrons. The van der Waals surface area contributed by atoms with Crippen LogP contribution in [0.5, 0.6) is 0 Å². The number of halogens is 1. The van der Waals surface area contributed by atoms with E-state index in [-0.39, 0.29) is 18.3 Å². The van der Waals surface area contributed by atoms with Gasteiger partial charge in [-0.3, -0.25) is 9.69 Å². The number of benzene rings is 1. The van der Waals surface area contributed by atoms with Gasteiger partial charge in [0.25, 0.3) is 5.91 Å². The Kier molecular flexibility index (Phi) is 7.78. The van der Waals surface area contributed by atoms with E-state index in [9.17, 15) is 14.4 Å². The molecule has 2 heterocycles.